The second-order valence-electron chi connectivity index (χ2n) is 7.22. The maximum absolute atomic E-state index is 13.0. The summed E-state index contributed by atoms with van der Waals surface area (Å²) in [6.45, 7) is 0.238. The van der Waals surface area contributed by atoms with Crippen LogP contribution in [-0.2, 0) is 16.2 Å². The molecule has 1 aliphatic heterocycles. The molecule has 172 valence electrons. The van der Waals surface area contributed by atoms with Gasteiger partial charge in [0.25, 0.3) is 11.8 Å². The van der Waals surface area contributed by atoms with Gasteiger partial charge in [-0.2, -0.15) is 0 Å². The number of carbonyl (C=O) groups is 3. The molecule has 0 saturated carbocycles. The van der Waals surface area contributed by atoms with Crippen LogP contribution in [0.5, 0.6) is 11.5 Å². The van der Waals surface area contributed by atoms with Gasteiger partial charge in [0.05, 0.1) is 12.8 Å². The number of carbonyl (C=O) groups excluding carboxylic acids is 3. The molecule has 3 aromatic rings. The highest BCUT2D eigenvalue weighted by Gasteiger charge is 2.36. The SMILES string of the molecule is COc1cc(C=C2C(=O)NC(=O)N(c3ccc(Br)cc3)C2=O)ccc1OCc1ccccc1Cl. The van der Waals surface area contributed by atoms with Gasteiger partial charge in [0.1, 0.15) is 12.2 Å². The van der Waals surface area contributed by atoms with Crippen molar-refractivity contribution in [2.75, 3.05) is 12.0 Å². The third-order valence-electron chi connectivity index (χ3n) is 5.03. The zero-order valence-corrected chi connectivity index (χ0v) is 20.2. The largest absolute Gasteiger partial charge is 0.493 e. The smallest absolute Gasteiger partial charge is 0.335 e. The van der Waals surface area contributed by atoms with Gasteiger partial charge in [-0.3, -0.25) is 14.9 Å². The van der Waals surface area contributed by atoms with E-state index in [0.29, 0.717) is 27.8 Å². The first-order valence-corrected chi connectivity index (χ1v) is 11.3. The van der Waals surface area contributed by atoms with E-state index >= 15 is 0 Å². The van der Waals surface area contributed by atoms with Crippen LogP contribution in [0, 0.1) is 0 Å². The van der Waals surface area contributed by atoms with E-state index in [1.807, 2.05) is 18.2 Å². The van der Waals surface area contributed by atoms with Crippen LogP contribution in [0.3, 0.4) is 0 Å². The summed E-state index contributed by atoms with van der Waals surface area (Å²) in [6, 6.07) is 18.1. The summed E-state index contributed by atoms with van der Waals surface area (Å²) in [5.41, 5.74) is 1.49. The van der Waals surface area contributed by atoms with Crippen LogP contribution in [0.25, 0.3) is 6.08 Å². The maximum Gasteiger partial charge on any atom is 0.335 e. The van der Waals surface area contributed by atoms with E-state index in [2.05, 4.69) is 21.2 Å². The number of rotatable bonds is 6. The molecule has 1 saturated heterocycles. The summed E-state index contributed by atoms with van der Waals surface area (Å²) in [7, 11) is 1.49. The van der Waals surface area contributed by atoms with E-state index in [0.717, 1.165) is 14.9 Å². The van der Waals surface area contributed by atoms with Crippen LogP contribution < -0.4 is 19.7 Å². The average molecular weight is 542 g/mol. The Morgan fingerprint density at radius 1 is 1.00 bits per heavy atom. The molecule has 3 aromatic carbocycles. The normalized spacial score (nSPS) is 14.9. The van der Waals surface area contributed by atoms with Crippen LogP contribution >= 0.6 is 27.5 Å². The monoisotopic (exact) mass is 540 g/mol. The highest BCUT2D eigenvalue weighted by molar-refractivity contribution is 9.10. The van der Waals surface area contributed by atoms with Crippen LogP contribution in [-0.4, -0.2) is 25.0 Å². The number of methoxy groups -OCH3 is 1. The summed E-state index contributed by atoms with van der Waals surface area (Å²) in [6.07, 6.45) is 1.40. The van der Waals surface area contributed by atoms with Gasteiger partial charge >= 0.3 is 6.03 Å². The number of anilines is 1. The highest BCUT2D eigenvalue weighted by atomic mass is 79.9. The van der Waals surface area contributed by atoms with E-state index < -0.39 is 17.8 Å². The summed E-state index contributed by atoms with van der Waals surface area (Å²) in [5, 5.41) is 2.80. The Balaban J connectivity index is 1.60. The second-order valence-corrected chi connectivity index (χ2v) is 8.55. The molecule has 0 unspecified atom stereocenters. The molecule has 0 aliphatic carbocycles. The standard InChI is InChI=1S/C25H18BrClN2O5/c1-33-22-13-15(6-11-21(22)34-14-16-4-2-3-5-20(16)27)12-19-23(30)28-25(32)29(24(19)31)18-9-7-17(26)8-10-18/h2-13H,14H2,1H3,(H,28,30,32). The lowest BCUT2D eigenvalue weighted by molar-refractivity contribution is -0.122. The number of urea groups is 1. The number of benzene rings is 3. The van der Waals surface area contributed by atoms with Crippen LogP contribution in [0.15, 0.2) is 76.8 Å². The van der Waals surface area contributed by atoms with Gasteiger partial charge in [-0.15, -0.1) is 0 Å². The first-order valence-electron chi connectivity index (χ1n) is 10.1. The average Bonchev–Trinajstić information content (AvgIpc) is 2.82. The molecule has 0 radical (unpaired) electrons. The molecule has 0 spiro atoms. The van der Waals surface area contributed by atoms with E-state index in [1.165, 1.54) is 13.2 Å². The molecular formula is C25H18BrClN2O5. The third-order valence-corrected chi connectivity index (χ3v) is 5.92. The second kappa shape index (κ2) is 10.1. The quantitative estimate of drug-likeness (QED) is 0.336. The summed E-state index contributed by atoms with van der Waals surface area (Å²) in [5.74, 6) is -0.628. The molecule has 7 nitrogen and oxygen atoms in total. The van der Waals surface area contributed by atoms with Crippen molar-refractivity contribution in [1.82, 2.24) is 5.32 Å². The maximum atomic E-state index is 13.0. The molecule has 1 N–H and O–H groups in total. The predicted molar refractivity (Wildman–Crippen MR) is 132 cm³/mol. The molecule has 1 aliphatic rings. The van der Waals surface area contributed by atoms with Gasteiger partial charge < -0.3 is 9.47 Å². The summed E-state index contributed by atoms with van der Waals surface area (Å²) < 4.78 is 12.1. The topological polar surface area (TPSA) is 84.9 Å². The minimum atomic E-state index is -0.810. The van der Waals surface area contributed by atoms with E-state index in [4.69, 9.17) is 21.1 Å². The van der Waals surface area contributed by atoms with Gasteiger partial charge in [-0.25, -0.2) is 9.69 Å². The summed E-state index contributed by atoms with van der Waals surface area (Å²) in [4.78, 5) is 38.7. The minimum absolute atomic E-state index is 0.186. The Bertz CT molecular complexity index is 1310. The first kappa shape index (κ1) is 23.5. The first-order chi connectivity index (χ1) is 16.4. The zero-order valence-electron chi connectivity index (χ0n) is 17.9. The number of nitrogens with one attached hydrogen (secondary N) is 1. The number of ether oxygens (including phenoxy) is 2. The number of hydrogen-bond donors (Lipinski definition) is 1. The molecule has 1 fully saturated rings. The van der Waals surface area contributed by atoms with Crippen molar-refractivity contribution in [3.63, 3.8) is 0 Å². The minimum Gasteiger partial charge on any atom is -0.493 e. The molecule has 4 rings (SSSR count). The fourth-order valence-corrected chi connectivity index (χ4v) is 3.77. The number of amides is 4. The van der Waals surface area contributed by atoms with Crippen molar-refractivity contribution in [2.45, 2.75) is 6.61 Å². The van der Waals surface area contributed by atoms with E-state index in [-0.39, 0.29) is 12.2 Å². The van der Waals surface area contributed by atoms with Crippen molar-refractivity contribution in [3.05, 3.63) is 92.9 Å². The van der Waals surface area contributed by atoms with E-state index in [9.17, 15) is 14.4 Å². The lowest BCUT2D eigenvalue weighted by Gasteiger charge is -2.26. The van der Waals surface area contributed by atoms with Gasteiger partial charge in [0, 0.05) is 15.1 Å². The van der Waals surface area contributed by atoms with Crippen LogP contribution in [0.2, 0.25) is 5.02 Å². The zero-order chi connectivity index (χ0) is 24.2. The molecule has 9 heteroatoms. The fraction of sp³-hybridized carbons (Fsp3) is 0.0800. The van der Waals surface area contributed by atoms with Gasteiger partial charge in [0.15, 0.2) is 11.5 Å². The number of barbiturate groups is 1. The van der Waals surface area contributed by atoms with Crippen LogP contribution in [0.4, 0.5) is 10.5 Å². The van der Waals surface area contributed by atoms with Crippen molar-refractivity contribution in [2.24, 2.45) is 0 Å². The van der Waals surface area contributed by atoms with Crippen LogP contribution in [0.1, 0.15) is 11.1 Å². The Morgan fingerprint density at radius 3 is 2.44 bits per heavy atom. The van der Waals surface area contributed by atoms with Gasteiger partial charge in [-0.1, -0.05) is 51.8 Å². The van der Waals surface area contributed by atoms with Crippen molar-refractivity contribution < 1.29 is 23.9 Å². The van der Waals surface area contributed by atoms with Crippen molar-refractivity contribution >= 4 is 57.1 Å². The molecule has 0 atom stereocenters. The van der Waals surface area contributed by atoms with Gasteiger partial charge in [0.2, 0.25) is 0 Å². The van der Waals surface area contributed by atoms with Gasteiger partial charge in [-0.05, 0) is 54.1 Å². The Labute approximate surface area is 209 Å². The number of imide groups is 2. The summed E-state index contributed by atoms with van der Waals surface area (Å²) >= 11 is 9.49. The predicted octanol–water partition coefficient (Wildman–Crippen LogP) is 5.36. The molecule has 1 heterocycles. The lowest BCUT2D eigenvalue weighted by Crippen LogP contribution is -2.54. The highest BCUT2D eigenvalue weighted by Crippen LogP contribution is 2.31. The number of hydrogen-bond acceptors (Lipinski definition) is 5. The Kier molecular flexibility index (Phi) is 7.00. The third kappa shape index (κ3) is 4.98. The molecule has 0 bridgehead atoms. The number of nitrogens with zero attached hydrogens (tertiary/aromatic N) is 1. The molecule has 34 heavy (non-hydrogen) atoms. The molecular weight excluding hydrogens is 524 g/mol. The Hall–Kier alpha value is -3.62. The molecule has 4 amide bonds. The van der Waals surface area contributed by atoms with E-state index in [1.54, 1.807) is 48.5 Å². The Morgan fingerprint density at radius 2 is 1.74 bits per heavy atom. The fourth-order valence-electron chi connectivity index (χ4n) is 3.31. The van der Waals surface area contributed by atoms with Crippen molar-refractivity contribution in [1.29, 1.82) is 0 Å². The number of halogens is 2. The lowest BCUT2D eigenvalue weighted by atomic mass is 10.1. The van der Waals surface area contributed by atoms with Crippen molar-refractivity contribution in [3.8, 4) is 11.5 Å². The molecule has 0 aromatic heterocycles.